The SMILES string of the molecule is O=C(C[C@H]1SC(=Nc2ccc(C(F)(F)F)cc2)N(Cc2ccccc2)C1=O)Nc1ccccc1. The number of halogens is 3. The molecule has 1 aliphatic rings. The average molecular weight is 484 g/mol. The first-order valence-electron chi connectivity index (χ1n) is 10.4. The van der Waals surface area contributed by atoms with Crippen molar-refractivity contribution >= 4 is 40.1 Å². The van der Waals surface area contributed by atoms with Crippen LogP contribution in [0.5, 0.6) is 0 Å². The number of carbonyl (C=O) groups excluding carboxylic acids is 2. The van der Waals surface area contributed by atoms with Crippen molar-refractivity contribution in [3.05, 3.63) is 96.1 Å². The van der Waals surface area contributed by atoms with Crippen molar-refractivity contribution in [2.75, 3.05) is 5.32 Å². The van der Waals surface area contributed by atoms with E-state index in [4.69, 9.17) is 0 Å². The highest BCUT2D eigenvalue weighted by atomic mass is 32.2. The molecule has 0 saturated carbocycles. The summed E-state index contributed by atoms with van der Waals surface area (Å²) < 4.78 is 38.6. The van der Waals surface area contributed by atoms with Crippen molar-refractivity contribution in [3.63, 3.8) is 0 Å². The molecule has 3 aromatic carbocycles. The third kappa shape index (κ3) is 5.85. The predicted octanol–water partition coefficient (Wildman–Crippen LogP) is 5.87. The van der Waals surface area contributed by atoms with Gasteiger partial charge in [0, 0.05) is 12.1 Å². The lowest BCUT2D eigenvalue weighted by Gasteiger charge is -2.16. The van der Waals surface area contributed by atoms with Gasteiger partial charge in [-0.25, -0.2) is 4.99 Å². The molecule has 2 amide bonds. The van der Waals surface area contributed by atoms with Crippen LogP contribution in [-0.2, 0) is 22.3 Å². The van der Waals surface area contributed by atoms with Crippen LogP contribution in [0.1, 0.15) is 17.5 Å². The highest BCUT2D eigenvalue weighted by Crippen LogP contribution is 2.34. The molecule has 0 bridgehead atoms. The minimum atomic E-state index is -4.44. The Labute approximate surface area is 198 Å². The van der Waals surface area contributed by atoms with Gasteiger partial charge < -0.3 is 5.32 Å². The molecule has 1 N–H and O–H groups in total. The number of para-hydroxylation sites is 1. The number of benzene rings is 3. The molecule has 0 spiro atoms. The van der Waals surface area contributed by atoms with Gasteiger partial charge in [-0.05, 0) is 42.0 Å². The van der Waals surface area contributed by atoms with Crippen molar-refractivity contribution < 1.29 is 22.8 Å². The Morgan fingerprint density at radius 1 is 0.941 bits per heavy atom. The lowest BCUT2D eigenvalue weighted by Crippen LogP contribution is -2.33. The van der Waals surface area contributed by atoms with E-state index in [1.807, 2.05) is 36.4 Å². The first-order chi connectivity index (χ1) is 16.3. The van der Waals surface area contributed by atoms with Gasteiger partial charge in [0.05, 0.1) is 17.8 Å². The summed E-state index contributed by atoms with van der Waals surface area (Å²) in [5, 5.41) is 2.41. The van der Waals surface area contributed by atoms with E-state index in [1.54, 1.807) is 24.3 Å². The largest absolute Gasteiger partial charge is 0.416 e. The first kappa shape index (κ1) is 23.6. The van der Waals surface area contributed by atoms with Crippen LogP contribution < -0.4 is 5.32 Å². The molecule has 1 atom stereocenters. The number of nitrogens with one attached hydrogen (secondary N) is 1. The predicted molar refractivity (Wildman–Crippen MR) is 127 cm³/mol. The topological polar surface area (TPSA) is 61.8 Å². The molecule has 5 nitrogen and oxygen atoms in total. The van der Waals surface area contributed by atoms with Crippen molar-refractivity contribution in [2.24, 2.45) is 4.99 Å². The quantitative estimate of drug-likeness (QED) is 0.477. The summed E-state index contributed by atoms with van der Waals surface area (Å²) in [5.74, 6) is -0.588. The van der Waals surface area contributed by atoms with Crippen LogP contribution in [0.2, 0.25) is 0 Å². The maximum absolute atomic E-state index is 13.2. The summed E-state index contributed by atoms with van der Waals surface area (Å²) in [7, 11) is 0. The van der Waals surface area contributed by atoms with Crippen molar-refractivity contribution in [1.29, 1.82) is 0 Å². The zero-order valence-electron chi connectivity index (χ0n) is 17.8. The van der Waals surface area contributed by atoms with E-state index in [9.17, 15) is 22.8 Å². The smallest absolute Gasteiger partial charge is 0.326 e. The Morgan fingerprint density at radius 2 is 1.56 bits per heavy atom. The van der Waals surface area contributed by atoms with Gasteiger partial charge >= 0.3 is 6.18 Å². The summed E-state index contributed by atoms with van der Waals surface area (Å²) in [4.78, 5) is 31.6. The van der Waals surface area contributed by atoms with Gasteiger partial charge in [-0.1, -0.05) is 60.3 Å². The van der Waals surface area contributed by atoms with Gasteiger partial charge in [0.2, 0.25) is 11.8 Å². The standard InChI is InChI=1S/C25H20F3N3O2S/c26-25(27,28)18-11-13-20(14-12-18)30-24-31(16-17-7-3-1-4-8-17)23(33)21(34-24)15-22(32)29-19-9-5-2-6-10-19/h1-14,21H,15-16H2,(H,29,32)/t21-/m1/s1. The third-order valence-corrected chi connectivity index (χ3v) is 6.23. The fraction of sp³-hybridized carbons (Fsp3) is 0.160. The Balaban J connectivity index is 1.55. The summed E-state index contributed by atoms with van der Waals surface area (Å²) in [6.45, 7) is 0.239. The molecule has 0 aromatic heterocycles. The zero-order valence-corrected chi connectivity index (χ0v) is 18.6. The number of nitrogens with zero attached hydrogens (tertiary/aromatic N) is 2. The van der Waals surface area contributed by atoms with Gasteiger partial charge in [-0.3, -0.25) is 14.5 Å². The maximum atomic E-state index is 13.2. The number of anilines is 1. The molecule has 174 valence electrons. The van der Waals surface area contributed by atoms with Gasteiger partial charge in [0.15, 0.2) is 5.17 Å². The molecular formula is C25H20F3N3O2S. The lowest BCUT2D eigenvalue weighted by atomic mass is 10.2. The molecule has 34 heavy (non-hydrogen) atoms. The summed E-state index contributed by atoms with van der Waals surface area (Å²) >= 11 is 1.13. The van der Waals surface area contributed by atoms with E-state index in [-0.39, 0.29) is 30.5 Å². The van der Waals surface area contributed by atoms with Gasteiger partial charge in [0.1, 0.15) is 5.25 Å². The molecule has 0 unspecified atom stereocenters. The zero-order chi connectivity index (χ0) is 24.1. The molecular weight excluding hydrogens is 463 g/mol. The number of hydrogen-bond donors (Lipinski definition) is 1. The van der Waals surface area contributed by atoms with E-state index in [1.165, 1.54) is 17.0 Å². The van der Waals surface area contributed by atoms with E-state index >= 15 is 0 Å². The van der Waals surface area contributed by atoms with Crippen LogP contribution in [0.4, 0.5) is 24.5 Å². The monoisotopic (exact) mass is 483 g/mol. The molecule has 1 heterocycles. The molecule has 1 aliphatic heterocycles. The van der Waals surface area contributed by atoms with Gasteiger partial charge in [-0.2, -0.15) is 13.2 Å². The molecule has 1 saturated heterocycles. The van der Waals surface area contributed by atoms with Crippen LogP contribution in [0.15, 0.2) is 89.9 Å². The Kier molecular flexibility index (Phi) is 7.02. The second-order valence-corrected chi connectivity index (χ2v) is 8.74. The number of amides is 2. The second kappa shape index (κ2) is 10.1. The molecule has 3 aromatic rings. The van der Waals surface area contributed by atoms with Crippen LogP contribution in [0.3, 0.4) is 0 Å². The van der Waals surface area contributed by atoms with Crippen LogP contribution in [-0.4, -0.2) is 27.1 Å². The number of aliphatic imine (C=N–C) groups is 1. The Morgan fingerprint density at radius 3 is 2.18 bits per heavy atom. The Hall–Kier alpha value is -3.59. The molecule has 1 fully saturated rings. The molecule has 0 radical (unpaired) electrons. The Bertz CT molecular complexity index is 1180. The summed E-state index contributed by atoms with van der Waals surface area (Å²) in [5.41, 5.74) is 1.01. The van der Waals surface area contributed by atoms with E-state index in [0.29, 0.717) is 10.9 Å². The molecule has 9 heteroatoms. The average Bonchev–Trinajstić information content (AvgIpc) is 3.09. The van der Waals surface area contributed by atoms with E-state index in [0.717, 1.165) is 29.5 Å². The van der Waals surface area contributed by atoms with Gasteiger partial charge in [0.25, 0.3) is 0 Å². The molecule has 0 aliphatic carbocycles. The minimum absolute atomic E-state index is 0.0598. The minimum Gasteiger partial charge on any atom is -0.326 e. The van der Waals surface area contributed by atoms with Crippen LogP contribution in [0.25, 0.3) is 0 Å². The summed E-state index contributed by atoms with van der Waals surface area (Å²) in [6.07, 6.45) is -4.50. The fourth-order valence-corrected chi connectivity index (χ4v) is 4.53. The number of hydrogen-bond acceptors (Lipinski definition) is 4. The van der Waals surface area contributed by atoms with Crippen molar-refractivity contribution in [2.45, 2.75) is 24.4 Å². The summed E-state index contributed by atoms with van der Waals surface area (Å²) in [6, 6.07) is 22.6. The van der Waals surface area contributed by atoms with Crippen molar-refractivity contribution in [3.8, 4) is 0 Å². The maximum Gasteiger partial charge on any atom is 0.416 e. The second-order valence-electron chi connectivity index (χ2n) is 7.57. The molecule has 4 rings (SSSR count). The number of carbonyl (C=O) groups is 2. The number of thioether (sulfide) groups is 1. The number of rotatable bonds is 6. The highest BCUT2D eigenvalue weighted by Gasteiger charge is 2.39. The van der Waals surface area contributed by atoms with Gasteiger partial charge in [-0.15, -0.1) is 0 Å². The lowest BCUT2D eigenvalue weighted by molar-refractivity contribution is -0.137. The normalized spacial score (nSPS) is 17.3. The van der Waals surface area contributed by atoms with Crippen molar-refractivity contribution in [1.82, 2.24) is 4.90 Å². The van der Waals surface area contributed by atoms with Crippen LogP contribution >= 0.6 is 11.8 Å². The fourth-order valence-electron chi connectivity index (χ4n) is 3.37. The third-order valence-electron chi connectivity index (χ3n) is 5.05. The first-order valence-corrected chi connectivity index (χ1v) is 11.3. The number of alkyl halides is 3. The van der Waals surface area contributed by atoms with E-state index in [2.05, 4.69) is 10.3 Å². The van der Waals surface area contributed by atoms with E-state index < -0.39 is 17.0 Å². The highest BCUT2D eigenvalue weighted by molar-refractivity contribution is 8.15. The van der Waals surface area contributed by atoms with Crippen LogP contribution in [0, 0.1) is 0 Å². The number of amidine groups is 1.